The molecule has 3 aliphatic rings. The van der Waals surface area contributed by atoms with Crippen LogP contribution in [-0.2, 0) is 21.4 Å². The van der Waals surface area contributed by atoms with Crippen molar-refractivity contribution in [3.8, 4) is 23.1 Å². The van der Waals surface area contributed by atoms with E-state index in [1.165, 1.54) is 0 Å². The standard InChI is InChI=1S/C31H33N7O3/c1-40-26-16-25-28(34-29(26)31(19-32)11-6-20-4-2-3-5-24(20)31)27(36-35-25)22-17-33-38(18-22)23-7-12-37(13-8-23)30(39)21-9-14-41-15-10-21/h2-5,16-18,21,23H,6-15H2,1H3,(H,35,36)/i23D. The maximum absolute atomic E-state index is 13.0. The third-order valence-electron chi connectivity index (χ3n) is 8.96. The number of nitrogens with one attached hydrogen (secondary N) is 1. The van der Waals surface area contributed by atoms with Gasteiger partial charge in [-0.3, -0.25) is 14.6 Å². The van der Waals surface area contributed by atoms with E-state index in [4.69, 9.17) is 14.5 Å². The molecule has 1 aromatic carbocycles. The second-order valence-electron chi connectivity index (χ2n) is 11.1. The van der Waals surface area contributed by atoms with Crippen LogP contribution in [0.25, 0.3) is 22.3 Å². The molecular weight excluding hydrogens is 518 g/mol. The summed E-state index contributed by atoms with van der Waals surface area (Å²) >= 11 is 0. The zero-order valence-electron chi connectivity index (χ0n) is 24.1. The first-order chi connectivity index (χ1) is 20.5. The lowest BCUT2D eigenvalue weighted by Crippen LogP contribution is -2.43. The van der Waals surface area contributed by atoms with Crippen LogP contribution in [0.2, 0.25) is 0 Å². The highest BCUT2D eigenvalue weighted by atomic mass is 16.5. The van der Waals surface area contributed by atoms with Crippen LogP contribution in [0.4, 0.5) is 0 Å². The number of piperidine rings is 1. The third-order valence-corrected chi connectivity index (χ3v) is 8.96. The Kier molecular flexibility index (Phi) is 6.17. The van der Waals surface area contributed by atoms with Crippen LogP contribution in [0, 0.1) is 17.2 Å². The Balaban J connectivity index is 1.18. The zero-order valence-corrected chi connectivity index (χ0v) is 23.1. The highest BCUT2D eigenvalue weighted by Gasteiger charge is 2.44. The minimum absolute atomic E-state index is 0.0233. The third kappa shape index (κ3) is 4.27. The fraction of sp³-hybridized carbons (Fsp3) is 0.452. The number of hydrogen-bond acceptors (Lipinski definition) is 7. The number of aromatic amines is 1. The van der Waals surface area contributed by atoms with Crippen LogP contribution in [0.15, 0.2) is 42.7 Å². The van der Waals surface area contributed by atoms with Gasteiger partial charge in [0, 0.05) is 50.0 Å². The lowest BCUT2D eigenvalue weighted by Gasteiger charge is -2.35. The van der Waals surface area contributed by atoms with E-state index in [0.29, 0.717) is 73.7 Å². The highest BCUT2D eigenvalue weighted by molar-refractivity contribution is 5.90. The predicted octanol–water partition coefficient (Wildman–Crippen LogP) is 4.18. The molecule has 1 unspecified atom stereocenters. The summed E-state index contributed by atoms with van der Waals surface area (Å²) in [6, 6.07) is 11.5. The Labute approximate surface area is 239 Å². The fourth-order valence-electron chi connectivity index (χ4n) is 6.65. The van der Waals surface area contributed by atoms with Crippen molar-refractivity contribution in [3.05, 3.63) is 59.5 Å². The molecule has 0 bridgehead atoms. The van der Waals surface area contributed by atoms with Gasteiger partial charge in [-0.05, 0) is 49.7 Å². The van der Waals surface area contributed by atoms with Crippen LogP contribution in [0.5, 0.6) is 5.75 Å². The molecule has 0 spiro atoms. The van der Waals surface area contributed by atoms with Crippen molar-refractivity contribution in [2.24, 2.45) is 5.92 Å². The van der Waals surface area contributed by atoms with Crippen molar-refractivity contribution >= 4 is 16.9 Å². The number of pyridine rings is 1. The van der Waals surface area contributed by atoms with Gasteiger partial charge in [0.1, 0.15) is 28.1 Å². The Hall–Kier alpha value is -4.23. The van der Waals surface area contributed by atoms with Crippen molar-refractivity contribution in [1.29, 1.82) is 5.26 Å². The average molecular weight is 553 g/mol. The molecule has 41 heavy (non-hydrogen) atoms. The molecule has 0 saturated carbocycles. The molecule has 1 atom stereocenters. The van der Waals surface area contributed by atoms with E-state index in [0.717, 1.165) is 36.0 Å². The summed E-state index contributed by atoms with van der Waals surface area (Å²) in [5.41, 5.74) is 4.43. The second kappa shape index (κ2) is 10.3. The molecule has 10 heteroatoms. The van der Waals surface area contributed by atoms with Crippen LogP contribution >= 0.6 is 0 Å². The average Bonchev–Trinajstić information content (AvgIpc) is 3.78. The van der Waals surface area contributed by atoms with Crippen molar-refractivity contribution < 1.29 is 15.6 Å². The summed E-state index contributed by atoms with van der Waals surface area (Å²) in [6.07, 6.45) is 7.50. The summed E-state index contributed by atoms with van der Waals surface area (Å²) in [5.74, 6) is 0.746. The van der Waals surface area contributed by atoms with Crippen molar-refractivity contribution in [2.45, 2.75) is 50.0 Å². The number of aryl methyl sites for hydroxylation is 1. The van der Waals surface area contributed by atoms with E-state index in [1.807, 2.05) is 35.4 Å². The van der Waals surface area contributed by atoms with Gasteiger partial charge in [0.05, 0.1) is 32.3 Å². The second-order valence-corrected chi connectivity index (χ2v) is 11.1. The quantitative estimate of drug-likeness (QED) is 0.394. The Morgan fingerprint density at radius 3 is 2.83 bits per heavy atom. The maximum atomic E-state index is 13.0. The molecule has 0 radical (unpaired) electrons. The monoisotopic (exact) mass is 552 g/mol. The van der Waals surface area contributed by atoms with Crippen molar-refractivity contribution in [3.63, 3.8) is 0 Å². The summed E-state index contributed by atoms with van der Waals surface area (Å²) in [6.45, 7) is 2.34. The molecule has 1 amide bonds. The molecule has 2 aliphatic heterocycles. The van der Waals surface area contributed by atoms with Gasteiger partial charge in [-0.2, -0.15) is 15.5 Å². The lowest BCUT2D eigenvalue weighted by atomic mass is 9.79. The van der Waals surface area contributed by atoms with Gasteiger partial charge >= 0.3 is 0 Å². The van der Waals surface area contributed by atoms with Crippen molar-refractivity contribution in [2.75, 3.05) is 33.4 Å². The number of methoxy groups -OCH3 is 1. The number of amides is 1. The van der Waals surface area contributed by atoms with Crippen LogP contribution in [0.1, 0.15) is 56.3 Å². The van der Waals surface area contributed by atoms with Gasteiger partial charge in [0.15, 0.2) is 0 Å². The zero-order chi connectivity index (χ0) is 28.9. The molecule has 210 valence electrons. The number of nitrogens with zero attached hydrogens (tertiary/aromatic N) is 6. The number of hydrogen-bond donors (Lipinski definition) is 1. The summed E-state index contributed by atoms with van der Waals surface area (Å²) in [5, 5.41) is 22.7. The lowest BCUT2D eigenvalue weighted by molar-refractivity contribution is -0.139. The summed E-state index contributed by atoms with van der Waals surface area (Å²) in [7, 11) is 1.59. The van der Waals surface area contributed by atoms with Gasteiger partial charge in [-0.1, -0.05) is 24.3 Å². The van der Waals surface area contributed by atoms with Crippen LogP contribution < -0.4 is 4.74 Å². The smallest absolute Gasteiger partial charge is 0.225 e. The molecule has 4 aromatic rings. The number of carbonyl (C=O) groups is 1. The van der Waals surface area contributed by atoms with E-state index < -0.39 is 11.4 Å². The number of likely N-dealkylation sites (tertiary alicyclic amines) is 1. The van der Waals surface area contributed by atoms with E-state index in [2.05, 4.69) is 27.4 Å². The van der Waals surface area contributed by atoms with E-state index in [9.17, 15) is 11.4 Å². The molecular formula is C31H33N7O3. The fourth-order valence-corrected chi connectivity index (χ4v) is 6.65. The highest BCUT2D eigenvalue weighted by Crippen LogP contribution is 2.47. The first kappa shape index (κ1) is 24.6. The number of rotatable bonds is 5. The van der Waals surface area contributed by atoms with Gasteiger partial charge in [-0.25, -0.2) is 4.98 Å². The molecule has 1 N–H and O–H groups in total. The van der Waals surface area contributed by atoms with Gasteiger partial charge in [0.25, 0.3) is 0 Å². The van der Waals surface area contributed by atoms with Gasteiger partial charge in [0.2, 0.25) is 5.91 Å². The Morgan fingerprint density at radius 2 is 2.05 bits per heavy atom. The number of nitriles is 1. The largest absolute Gasteiger partial charge is 0.495 e. The molecule has 10 nitrogen and oxygen atoms in total. The number of ether oxygens (including phenoxy) is 2. The number of carbonyl (C=O) groups excluding carboxylic acids is 1. The van der Waals surface area contributed by atoms with Crippen molar-refractivity contribution in [1.82, 2.24) is 29.9 Å². The number of aromatic nitrogens is 5. The topological polar surface area (TPSA) is 122 Å². The van der Waals surface area contributed by atoms with Gasteiger partial charge in [-0.15, -0.1) is 0 Å². The Bertz CT molecular complexity index is 1690. The summed E-state index contributed by atoms with van der Waals surface area (Å²) < 4.78 is 22.1. The molecule has 3 aromatic heterocycles. The number of fused-ring (bicyclic) bond motifs is 2. The minimum Gasteiger partial charge on any atom is -0.495 e. The molecule has 5 heterocycles. The minimum atomic E-state index is -0.961. The van der Waals surface area contributed by atoms with E-state index in [1.54, 1.807) is 18.0 Å². The molecule has 1 aliphatic carbocycles. The first-order valence-corrected chi connectivity index (χ1v) is 14.3. The SMILES string of the molecule is [2H]C1(n2cc(-c3n[nH]c4cc(OC)c(C5(C#N)CCc6ccccc65)nc34)cn2)CCN(C(=O)C2CCOCC2)CC1. The van der Waals surface area contributed by atoms with Gasteiger partial charge < -0.3 is 14.4 Å². The molecule has 2 fully saturated rings. The number of benzene rings is 1. The molecule has 2 saturated heterocycles. The summed E-state index contributed by atoms with van der Waals surface area (Å²) in [4.78, 5) is 19.9. The van der Waals surface area contributed by atoms with Crippen LogP contribution in [-0.4, -0.2) is 69.2 Å². The Morgan fingerprint density at radius 1 is 1.24 bits per heavy atom. The van der Waals surface area contributed by atoms with E-state index in [-0.39, 0.29) is 11.8 Å². The van der Waals surface area contributed by atoms with E-state index >= 15 is 0 Å². The predicted molar refractivity (Wildman–Crippen MR) is 151 cm³/mol. The van der Waals surface area contributed by atoms with Crippen LogP contribution in [0.3, 0.4) is 0 Å². The number of H-pyrrole nitrogens is 1. The first-order valence-electron chi connectivity index (χ1n) is 14.8. The normalized spacial score (nSPS) is 22.7. The maximum Gasteiger partial charge on any atom is 0.225 e. The molecule has 7 rings (SSSR count).